The molecule has 0 radical (unpaired) electrons. The fraction of sp³-hybridized carbons (Fsp3) is 0.333. The first-order chi connectivity index (χ1) is 10.6. The molecule has 0 saturated heterocycles. The molecule has 0 aromatic heterocycles. The van der Waals surface area contributed by atoms with Crippen LogP contribution in [0, 0.1) is 0 Å². The zero-order valence-electron chi connectivity index (χ0n) is 12.9. The third-order valence-electron chi connectivity index (χ3n) is 3.64. The van der Waals surface area contributed by atoms with E-state index in [1.54, 1.807) is 13.2 Å². The van der Waals surface area contributed by atoms with Gasteiger partial charge in [0.2, 0.25) is 0 Å². The van der Waals surface area contributed by atoms with E-state index in [9.17, 15) is 5.11 Å². The lowest BCUT2D eigenvalue weighted by atomic mass is 10.0. The summed E-state index contributed by atoms with van der Waals surface area (Å²) < 4.78 is 5.36. The molecule has 2 rings (SSSR count). The molecule has 22 heavy (non-hydrogen) atoms. The van der Waals surface area contributed by atoms with Crippen LogP contribution in [0.1, 0.15) is 24.2 Å². The zero-order chi connectivity index (χ0) is 15.9. The van der Waals surface area contributed by atoms with Crippen LogP contribution in [0.15, 0.2) is 48.5 Å². The maximum absolute atomic E-state index is 10.2. The highest BCUT2D eigenvalue weighted by molar-refractivity contribution is 6.31. The summed E-state index contributed by atoms with van der Waals surface area (Å²) in [5.41, 5.74) is 1.90. The Morgan fingerprint density at radius 1 is 1.14 bits per heavy atom. The van der Waals surface area contributed by atoms with Gasteiger partial charge in [0.05, 0.1) is 13.2 Å². The molecule has 118 valence electrons. The van der Waals surface area contributed by atoms with Crippen molar-refractivity contribution in [2.45, 2.75) is 25.5 Å². The van der Waals surface area contributed by atoms with Crippen LogP contribution < -0.4 is 10.1 Å². The summed E-state index contributed by atoms with van der Waals surface area (Å²) in [4.78, 5) is 0. The summed E-state index contributed by atoms with van der Waals surface area (Å²) in [6.45, 7) is 2.55. The first-order valence-corrected chi connectivity index (χ1v) is 7.77. The molecule has 0 fully saturated rings. The van der Waals surface area contributed by atoms with Gasteiger partial charge in [-0.1, -0.05) is 48.0 Å². The molecule has 0 aliphatic carbocycles. The number of hydrogen-bond donors (Lipinski definition) is 2. The van der Waals surface area contributed by atoms with Gasteiger partial charge in [0.1, 0.15) is 5.75 Å². The lowest BCUT2D eigenvalue weighted by Gasteiger charge is -2.19. The fourth-order valence-electron chi connectivity index (χ4n) is 2.44. The van der Waals surface area contributed by atoms with E-state index in [4.69, 9.17) is 16.3 Å². The SMILES string of the molecule is COc1ccccc1CC(C)NC[C@H](O)c1ccccc1Cl. The Morgan fingerprint density at radius 2 is 1.82 bits per heavy atom. The Bertz CT molecular complexity index is 603. The second-order valence-electron chi connectivity index (χ2n) is 5.36. The second kappa shape index (κ2) is 8.18. The van der Waals surface area contributed by atoms with Gasteiger partial charge < -0.3 is 15.2 Å². The molecular weight excluding hydrogens is 298 g/mol. The maximum atomic E-state index is 10.2. The van der Waals surface area contributed by atoms with Crippen molar-refractivity contribution in [3.05, 3.63) is 64.7 Å². The molecule has 0 bridgehead atoms. The summed E-state index contributed by atoms with van der Waals surface area (Å²) in [7, 11) is 1.68. The minimum absolute atomic E-state index is 0.216. The van der Waals surface area contributed by atoms with Crippen molar-refractivity contribution in [1.82, 2.24) is 5.32 Å². The Kier molecular flexibility index (Phi) is 6.25. The van der Waals surface area contributed by atoms with Gasteiger partial charge in [0, 0.05) is 23.2 Å². The van der Waals surface area contributed by atoms with Gasteiger partial charge in [-0.15, -0.1) is 0 Å². The molecule has 0 spiro atoms. The highest BCUT2D eigenvalue weighted by Crippen LogP contribution is 2.22. The van der Waals surface area contributed by atoms with Gasteiger partial charge in [-0.25, -0.2) is 0 Å². The lowest BCUT2D eigenvalue weighted by Crippen LogP contribution is -2.32. The number of ether oxygens (including phenoxy) is 1. The standard InChI is InChI=1S/C18H22ClNO2/c1-13(11-14-7-3-6-10-18(14)22-2)20-12-17(21)15-8-4-5-9-16(15)19/h3-10,13,17,20-21H,11-12H2,1-2H3/t13?,17-/m0/s1. The molecule has 2 aromatic rings. The Balaban J connectivity index is 1.90. The molecule has 2 N–H and O–H groups in total. The summed E-state index contributed by atoms with van der Waals surface area (Å²) in [6, 6.07) is 15.6. The van der Waals surface area contributed by atoms with Gasteiger partial charge in [0.15, 0.2) is 0 Å². The minimum Gasteiger partial charge on any atom is -0.496 e. The van der Waals surface area contributed by atoms with Gasteiger partial charge in [-0.05, 0) is 31.0 Å². The topological polar surface area (TPSA) is 41.5 Å². The predicted molar refractivity (Wildman–Crippen MR) is 90.6 cm³/mol. The average Bonchev–Trinajstić information content (AvgIpc) is 2.53. The number of rotatable bonds is 7. The van der Waals surface area contributed by atoms with E-state index < -0.39 is 6.10 Å². The predicted octanol–water partition coefficient (Wildman–Crippen LogP) is 3.60. The van der Waals surface area contributed by atoms with Crippen molar-refractivity contribution >= 4 is 11.6 Å². The van der Waals surface area contributed by atoms with Gasteiger partial charge >= 0.3 is 0 Å². The highest BCUT2D eigenvalue weighted by Gasteiger charge is 2.13. The van der Waals surface area contributed by atoms with Crippen LogP contribution in [0.2, 0.25) is 5.02 Å². The van der Waals surface area contributed by atoms with Crippen molar-refractivity contribution in [2.75, 3.05) is 13.7 Å². The van der Waals surface area contributed by atoms with E-state index in [-0.39, 0.29) is 6.04 Å². The van der Waals surface area contributed by atoms with Crippen LogP contribution in [0.3, 0.4) is 0 Å². The molecule has 0 amide bonds. The molecule has 1 unspecified atom stereocenters. The van der Waals surface area contributed by atoms with Crippen LogP contribution in [-0.4, -0.2) is 24.8 Å². The van der Waals surface area contributed by atoms with Crippen LogP contribution in [0.4, 0.5) is 0 Å². The summed E-state index contributed by atoms with van der Waals surface area (Å²) in [5, 5.41) is 14.2. The first kappa shape index (κ1) is 16.8. The van der Waals surface area contributed by atoms with Gasteiger partial charge in [-0.2, -0.15) is 0 Å². The molecule has 3 nitrogen and oxygen atoms in total. The number of benzene rings is 2. The molecule has 0 heterocycles. The maximum Gasteiger partial charge on any atom is 0.122 e. The number of hydrogen-bond acceptors (Lipinski definition) is 3. The molecule has 0 aliphatic heterocycles. The summed E-state index contributed by atoms with van der Waals surface area (Å²) in [6.07, 6.45) is 0.216. The smallest absolute Gasteiger partial charge is 0.122 e. The average molecular weight is 320 g/mol. The normalized spacial score (nSPS) is 13.6. The van der Waals surface area contributed by atoms with Crippen LogP contribution in [-0.2, 0) is 6.42 Å². The fourth-order valence-corrected chi connectivity index (χ4v) is 2.70. The van der Waals surface area contributed by atoms with E-state index in [1.165, 1.54) is 0 Å². The van der Waals surface area contributed by atoms with Crippen molar-refractivity contribution in [2.24, 2.45) is 0 Å². The van der Waals surface area contributed by atoms with Crippen LogP contribution >= 0.6 is 11.6 Å². The Morgan fingerprint density at radius 3 is 2.55 bits per heavy atom. The quantitative estimate of drug-likeness (QED) is 0.819. The Labute approximate surface area is 136 Å². The number of para-hydroxylation sites is 1. The lowest BCUT2D eigenvalue weighted by molar-refractivity contribution is 0.170. The molecule has 2 atom stereocenters. The molecule has 2 aromatic carbocycles. The van der Waals surface area contributed by atoms with E-state index in [2.05, 4.69) is 18.3 Å². The van der Waals surface area contributed by atoms with Crippen molar-refractivity contribution in [3.63, 3.8) is 0 Å². The van der Waals surface area contributed by atoms with Crippen LogP contribution in [0.25, 0.3) is 0 Å². The minimum atomic E-state index is -0.617. The Hall–Kier alpha value is -1.55. The van der Waals surface area contributed by atoms with E-state index >= 15 is 0 Å². The van der Waals surface area contributed by atoms with E-state index in [1.807, 2.05) is 36.4 Å². The zero-order valence-corrected chi connectivity index (χ0v) is 13.7. The largest absolute Gasteiger partial charge is 0.496 e. The van der Waals surface area contributed by atoms with Gasteiger partial charge in [0.25, 0.3) is 0 Å². The second-order valence-corrected chi connectivity index (χ2v) is 5.77. The van der Waals surface area contributed by atoms with Gasteiger partial charge in [-0.3, -0.25) is 0 Å². The number of nitrogens with one attached hydrogen (secondary N) is 1. The third kappa shape index (κ3) is 4.47. The van der Waals surface area contributed by atoms with E-state index in [0.717, 1.165) is 23.3 Å². The number of methoxy groups -OCH3 is 1. The first-order valence-electron chi connectivity index (χ1n) is 7.39. The van der Waals surface area contributed by atoms with Crippen LogP contribution in [0.5, 0.6) is 5.75 Å². The monoisotopic (exact) mass is 319 g/mol. The number of aliphatic hydroxyl groups excluding tert-OH is 1. The van der Waals surface area contributed by atoms with Crippen molar-refractivity contribution in [1.29, 1.82) is 0 Å². The molecular formula is C18H22ClNO2. The highest BCUT2D eigenvalue weighted by atomic mass is 35.5. The molecule has 4 heteroatoms. The summed E-state index contributed by atoms with van der Waals surface area (Å²) >= 11 is 6.10. The third-order valence-corrected chi connectivity index (χ3v) is 3.99. The number of halogens is 1. The molecule has 0 saturated carbocycles. The van der Waals surface area contributed by atoms with Crippen molar-refractivity contribution in [3.8, 4) is 5.75 Å². The summed E-state index contributed by atoms with van der Waals surface area (Å²) in [5.74, 6) is 0.891. The van der Waals surface area contributed by atoms with Crippen molar-refractivity contribution < 1.29 is 9.84 Å². The van der Waals surface area contributed by atoms with E-state index in [0.29, 0.717) is 11.6 Å². The molecule has 0 aliphatic rings. The number of aliphatic hydroxyl groups is 1.